The number of rotatable bonds is 1. The molecule has 0 unspecified atom stereocenters. The van der Waals surface area contributed by atoms with E-state index in [0.717, 1.165) is 23.4 Å². The molecule has 2 aromatic carbocycles. The van der Waals surface area contributed by atoms with Gasteiger partial charge < -0.3 is 14.7 Å². The van der Waals surface area contributed by atoms with Crippen molar-refractivity contribution in [3.63, 3.8) is 0 Å². The fraction of sp³-hybridized carbons (Fsp3) is 0.167. The van der Waals surface area contributed by atoms with Gasteiger partial charge in [-0.2, -0.15) is 0 Å². The molecular weight excluding hydrogens is 276 g/mol. The van der Waals surface area contributed by atoms with Crippen LogP contribution in [0.1, 0.15) is 11.1 Å². The van der Waals surface area contributed by atoms with Crippen molar-refractivity contribution < 1.29 is 9.84 Å². The highest BCUT2D eigenvalue weighted by Gasteiger charge is 2.32. The van der Waals surface area contributed by atoms with E-state index in [0.29, 0.717) is 5.75 Å². The average molecular weight is 292 g/mol. The van der Waals surface area contributed by atoms with Gasteiger partial charge in [-0.25, -0.2) is 0 Å². The molecule has 0 aromatic heterocycles. The quantitative estimate of drug-likeness (QED) is 0.874. The molecule has 22 heavy (non-hydrogen) atoms. The summed E-state index contributed by atoms with van der Waals surface area (Å²) < 4.78 is 5.22. The summed E-state index contributed by atoms with van der Waals surface area (Å²) in [6, 6.07) is 11.9. The first-order chi connectivity index (χ1) is 10.7. The third kappa shape index (κ3) is 1.73. The molecule has 0 amide bonds. The third-order valence-electron chi connectivity index (χ3n) is 4.30. The lowest BCUT2D eigenvalue weighted by atomic mass is 10.1. The van der Waals surface area contributed by atoms with Crippen LogP contribution in [0, 0.1) is 0 Å². The Morgan fingerprint density at radius 3 is 2.95 bits per heavy atom. The predicted octanol–water partition coefficient (Wildman–Crippen LogP) is 3.52. The smallest absolute Gasteiger partial charge is 0.161 e. The Morgan fingerprint density at radius 2 is 2.14 bits per heavy atom. The van der Waals surface area contributed by atoms with Crippen molar-refractivity contribution in [2.75, 3.05) is 12.0 Å². The van der Waals surface area contributed by atoms with Gasteiger partial charge in [-0.3, -0.25) is 4.99 Å². The van der Waals surface area contributed by atoms with E-state index in [4.69, 9.17) is 4.74 Å². The summed E-state index contributed by atoms with van der Waals surface area (Å²) in [6.45, 7) is 4.27. The van der Waals surface area contributed by atoms with Gasteiger partial charge in [0.1, 0.15) is 0 Å². The van der Waals surface area contributed by atoms with Gasteiger partial charge in [0.2, 0.25) is 0 Å². The van der Waals surface area contributed by atoms with Crippen LogP contribution in [-0.4, -0.2) is 24.5 Å². The fourth-order valence-corrected chi connectivity index (χ4v) is 3.23. The maximum absolute atomic E-state index is 9.96. The van der Waals surface area contributed by atoms with E-state index in [2.05, 4.69) is 34.7 Å². The van der Waals surface area contributed by atoms with Crippen molar-refractivity contribution in [2.45, 2.75) is 12.5 Å². The molecule has 4 heteroatoms. The molecule has 2 heterocycles. The molecule has 2 aliphatic rings. The molecule has 0 spiro atoms. The first-order valence-electron chi connectivity index (χ1n) is 7.20. The number of anilines is 1. The summed E-state index contributed by atoms with van der Waals surface area (Å²) in [5, 5.41) is 9.96. The number of para-hydroxylation sites is 1. The van der Waals surface area contributed by atoms with Crippen LogP contribution in [0.3, 0.4) is 0 Å². The first-order valence-corrected chi connectivity index (χ1v) is 7.20. The summed E-state index contributed by atoms with van der Waals surface area (Å²) in [4.78, 5) is 6.77. The van der Waals surface area contributed by atoms with Crippen LogP contribution in [0.2, 0.25) is 0 Å². The van der Waals surface area contributed by atoms with Crippen LogP contribution in [0.4, 0.5) is 11.4 Å². The number of phenols is 1. The molecule has 1 atom stereocenters. The Labute approximate surface area is 129 Å². The van der Waals surface area contributed by atoms with Gasteiger partial charge in [0.15, 0.2) is 11.5 Å². The van der Waals surface area contributed by atoms with Crippen LogP contribution in [-0.2, 0) is 6.42 Å². The molecular formula is C18H16N2O2. The Bertz CT molecular complexity index is 811. The van der Waals surface area contributed by atoms with Crippen molar-refractivity contribution in [3.8, 4) is 11.5 Å². The van der Waals surface area contributed by atoms with E-state index in [9.17, 15) is 5.11 Å². The number of phenolic OH excluding ortho intramolecular Hbond substituents is 1. The normalized spacial score (nSPS) is 18.5. The third-order valence-corrected chi connectivity index (χ3v) is 4.30. The van der Waals surface area contributed by atoms with Crippen LogP contribution in [0.15, 0.2) is 48.0 Å². The molecule has 2 aromatic rings. The molecule has 0 radical (unpaired) electrons. The molecule has 0 fully saturated rings. The van der Waals surface area contributed by atoms with E-state index < -0.39 is 0 Å². The van der Waals surface area contributed by atoms with E-state index in [1.807, 2.05) is 12.3 Å². The number of aromatic hydroxyl groups is 1. The van der Waals surface area contributed by atoms with Crippen LogP contribution in [0.5, 0.6) is 11.5 Å². The van der Waals surface area contributed by atoms with Gasteiger partial charge in [-0.15, -0.1) is 0 Å². The molecule has 0 saturated heterocycles. The van der Waals surface area contributed by atoms with E-state index >= 15 is 0 Å². The van der Waals surface area contributed by atoms with Gasteiger partial charge in [0.25, 0.3) is 0 Å². The lowest BCUT2D eigenvalue weighted by molar-refractivity contribution is 0.373. The van der Waals surface area contributed by atoms with Gasteiger partial charge in [0, 0.05) is 35.6 Å². The lowest BCUT2D eigenvalue weighted by Crippen LogP contribution is -2.30. The Hall–Kier alpha value is -2.75. The lowest BCUT2D eigenvalue weighted by Gasteiger charge is -2.26. The molecule has 1 N–H and O–H groups in total. The monoisotopic (exact) mass is 292 g/mol. The Balaban J connectivity index is 1.88. The van der Waals surface area contributed by atoms with Crippen molar-refractivity contribution in [2.24, 2.45) is 4.99 Å². The highest BCUT2D eigenvalue weighted by atomic mass is 16.5. The van der Waals surface area contributed by atoms with E-state index in [-0.39, 0.29) is 11.8 Å². The van der Waals surface area contributed by atoms with E-state index in [1.54, 1.807) is 12.1 Å². The topological polar surface area (TPSA) is 45.1 Å². The van der Waals surface area contributed by atoms with Gasteiger partial charge in [-0.05, 0) is 17.7 Å². The van der Waals surface area contributed by atoms with Gasteiger partial charge in [-0.1, -0.05) is 24.8 Å². The minimum absolute atomic E-state index is 0.0914. The van der Waals surface area contributed by atoms with Crippen LogP contribution in [0.25, 0.3) is 5.70 Å². The van der Waals surface area contributed by atoms with Crippen LogP contribution >= 0.6 is 0 Å². The van der Waals surface area contributed by atoms with E-state index in [1.165, 1.54) is 18.4 Å². The molecule has 0 bridgehead atoms. The summed E-state index contributed by atoms with van der Waals surface area (Å²) in [6.07, 6.45) is 2.85. The minimum Gasteiger partial charge on any atom is -0.504 e. The maximum atomic E-state index is 9.96. The number of fused-ring (bicyclic) bond motifs is 4. The van der Waals surface area contributed by atoms with Crippen molar-refractivity contribution in [1.82, 2.24) is 0 Å². The largest absolute Gasteiger partial charge is 0.504 e. The zero-order chi connectivity index (χ0) is 15.3. The van der Waals surface area contributed by atoms with Crippen molar-refractivity contribution in [3.05, 3.63) is 54.1 Å². The summed E-state index contributed by atoms with van der Waals surface area (Å²) in [7, 11) is 1.54. The average Bonchev–Trinajstić information content (AvgIpc) is 2.84. The predicted molar refractivity (Wildman–Crippen MR) is 88.3 cm³/mol. The van der Waals surface area contributed by atoms with Crippen molar-refractivity contribution >= 4 is 23.3 Å². The summed E-state index contributed by atoms with van der Waals surface area (Å²) >= 11 is 0. The number of hydrogen-bond donors (Lipinski definition) is 1. The zero-order valence-corrected chi connectivity index (χ0v) is 12.3. The number of hydrogen-bond acceptors (Lipinski definition) is 4. The maximum Gasteiger partial charge on any atom is 0.161 e. The van der Waals surface area contributed by atoms with Crippen LogP contribution < -0.4 is 9.64 Å². The molecule has 2 aliphatic heterocycles. The van der Waals surface area contributed by atoms with Gasteiger partial charge >= 0.3 is 0 Å². The number of benzene rings is 2. The number of methoxy groups -OCH3 is 1. The second kappa shape index (κ2) is 4.63. The highest BCUT2D eigenvalue weighted by Crippen LogP contribution is 2.44. The first kappa shape index (κ1) is 13.0. The number of aliphatic imine (C=N–C) groups is 1. The van der Waals surface area contributed by atoms with Crippen molar-refractivity contribution in [1.29, 1.82) is 0 Å². The summed E-state index contributed by atoms with van der Waals surface area (Å²) in [5.41, 5.74) is 4.94. The fourth-order valence-electron chi connectivity index (χ4n) is 3.23. The SMILES string of the molecule is C=C1c2cc(OC)c(O)cc2N=C[C@@H]2Cc3ccccc3N12. The second-order valence-electron chi connectivity index (χ2n) is 5.54. The molecule has 4 rings (SSSR count). The zero-order valence-electron chi connectivity index (χ0n) is 12.3. The second-order valence-corrected chi connectivity index (χ2v) is 5.54. The minimum atomic E-state index is 0.0914. The molecule has 0 aliphatic carbocycles. The molecule has 4 nitrogen and oxygen atoms in total. The van der Waals surface area contributed by atoms with Gasteiger partial charge in [0.05, 0.1) is 18.8 Å². The standard InChI is InChI=1S/C18H16N2O2/c1-11-14-8-18(22-2)17(21)9-15(14)19-10-13-7-12-5-3-4-6-16(12)20(11)13/h3-6,8-10,13,21H,1,7H2,2H3/t13-/m0/s1. The highest BCUT2D eigenvalue weighted by molar-refractivity contribution is 5.95. The number of ether oxygens (including phenoxy) is 1. The Morgan fingerprint density at radius 1 is 1.32 bits per heavy atom. The Kier molecular flexibility index (Phi) is 2.73. The molecule has 110 valence electrons. The molecule has 0 saturated carbocycles. The summed E-state index contributed by atoms with van der Waals surface area (Å²) in [5.74, 6) is 0.523. The number of nitrogens with zero attached hydrogens (tertiary/aromatic N) is 2.